The molecule has 21 nitrogen and oxygen atoms in total. The number of rotatable bonds is 25. The molecule has 0 bridgehead atoms. The molecule has 5 heterocycles. The topological polar surface area (TPSA) is 250 Å². The average Bonchev–Trinajstić information content (AvgIpc) is 3.92. The van der Waals surface area contributed by atoms with Crippen LogP contribution in [0.4, 0.5) is 23.0 Å². The SMILES string of the molecule is CS(=O)(=O)c1ccc(-c2cccc3nc(Nc4ccc(N5CCN(C(=O)CCOCCOCCOCCOCCOCCNc6c(C7CCC(=O)NC7=O)ccc7c6C(=O)NC7=O)CC5)cc4)nn23)cc1. The number of fused-ring (bicyclic) bond motifs is 2. The molecule has 3 aromatic carbocycles. The summed E-state index contributed by atoms with van der Waals surface area (Å²) in [5.41, 5.74) is 5.44. The molecule has 1 atom stereocenters. The van der Waals surface area contributed by atoms with Crippen LogP contribution in [-0.2, 0) is 47.9 Å². The van der Waals surface area contributed by atoms with Crippen molar-refractivity contribution in [2.24, 2.45) is 0 Å². The lowest BCUT2D eigenvalue weighted by Crippen LogP contribution is -2.49. The predicted molar refractivity (Wildman–Crippen MR) is 261 cm³/mol. The summed E-state index contributed by atoms with van der Waals surface area (Å²) < 4.78 is 53.5. The summed E-state index contributed by atoms with van der Waals surface area (Å²) in [6, 6.07) is 23.5. The molecule has 8 rings (SSSR count). The van der Waals surface area contributed by atoms with E-state index in [1.165, 1.54) is 12.3 Å². The number of piperazine rings is 1. The molecule has 0 saturated carbocycles. The number of hydrogen-bond donors (Lipinski definition) is 4. The van der Waals surface area contributed by atoms with Gasteiger partial charge in [0.2, 0.25) is 23.7 Å². The van der Waals surface area contributed by atoms with E-state index in [1.807, 2.05) is 47.4 Å². The van der Waals surface area contributed by atoms with Crippen LogP contribution in [-0.4, -0.2) is 163 Å². The van der Waals surface area contributed by atoms with Gasteiger partial charge in [-0.3, -0.25) is 34.6 Å². The van der Waals surface area contributed by atoms with Crippen LogP contribution in [0.1, 0.15) is 51.5 Å². The van der Waals surface area contributed by atoms with E-state index in [9.17, 15) is 32.4 Å². The number of piperidine rings is 1. The maximum atomic E-state index is 12.9. The van der Waals surface area contributed by atoms with Crippen molar-refractivity contribution < 1.29 is 56.1 Å². The lowest BCUT2D eigenvalue weighted by molar-refractivity contribution is -0.134. The molecule has 5 aromatic rings. The van der Waals surface area contributed by atoms with Gasteiger partial charge in [-0.1, -0.05) is 24.3 Å². The van der Waals surface area contributed by atoms with Crippen LogP contribution in [0.15, 0.2) is 83.8 Å². The van der Waals surface area contributed by atoms with Gasteiger partial charge in [-0.2, -0.15) is 4.98 Å². The zero-order valence-electron chi connectivity index (χ0n) is 39.4. The molecule has 0 spiro atoms. The van der Waals surface area contributed by atoms with Gasteiger partial charge in [0.15, 0.2) is 15.5 Å². The molecule has 2 aromatic heterocycles. The number of carbonyl (C=O) groups is 5. The third kappa shape index (κ3) is 13.1. The number of aromatic nitrogens is 3. The van der Waals surface area contributed by atoms with E-state index in [0.717, 1.165) is 22.6 Å². The van der Waals surface area contributed by atoms with Crippen molar-refractivity contribution in [3.05, 3.63) is 95.6 Å². The number of anilines is 4. The normalized spacial score (nSPS) is 16.0. The van der Waals surface area contributed by atoms with Crippen LogP contribution in [0.25, 0.3) is 16.9 Å². The van der Waals surface area contributed by atoms with Crippen molar-refractivity contribution >= 4 is 68.0 Å². The molecule has 4 N–H and O–H groups in total. The Bertz CT molecular complexity index is 2820. The van der Waals surface area contributed by atoms with Gasteiger partial charge in [0, 0.05) is 62.3 Å². The Morgan fingerprint density at radius 2 is 1.38 bits per heavy atom. The molecule has 0 aliphatic carbocycles. The van der Waals surface area contributed by atoms with Crippen molar-refractivity contribution in [3.63, 3.8) is 0 Å². The van der Waals surface area contributed by atoms with Crippen molar-refractivity contribution in [2.75, 3.05) is 121 Å². The van der Waals surface area contributed by atoms with Crippen LogP contribution in [0.3, 0.4) is 0 Å². The molecular formula is C49H57N9O12S. The van der Waals surface area contributed by atoms with Gasteiger partial charge in [0.05, 0.1) is 106 Å². The molecule has 71 heavy (non-hydrogen) atoms. The third-order valence-electron chi connectivity index (χ3n) is 12.1. The summed E-state index contributed by atoms with van der Waals surface area (Å²) in [5, 5.41) is 15.7. The summed E-state index contributed by atoms with van der Waals surface area (Å²) in [4.78, 5) is 71.0. The third-order valence-corrected chi connectivity index (χ3v) is 13.2. The number of hydrogen-bond acceptors (Lipinski definition) is 17. The van der Waals surface area contributed by atoms with Gasteiger partial charge in [-0.25, -0.2) is 12.9 Å². The second-order valence-electron chi connectivity index (χ2n) is 16.9. The summed E-state index contributed by atoms with van der Waals surface area (Å²) in [7, 11) is -3.30. The number of sulfone groups is 1. The van der Waals surface area contributed by atoms with E-state index in [2.05, 4.69) is 36.2 Å². The Labute approximate surface area is 410 Å². The van der Waals surface area contributed by atoms with Crippen molar-refractivity contribution in [1.29, 1.82) is 0 Å². The zero-order valence-corrected chi connectivity index (χ0v) is 40.2. The van der Waals surface area contributed by atoms with E-state index in [1.54, 1.807) is 34.8 Å². The standard InChI is InChI=1S/C49H57N9O12S/c1-71(64,65)36-11-5-33(6-12-36)40-3-2-4-41-52-49(55-58(40)41)51-34-7-9-35(10-8-34)56-19-21-57(22-20-56)43(60)17-23-66-25-27-68-29-31-70-32-30-69-28-26-67-24-18-50-45-37(38-15-16-42(59)53-46(38)61)13-14-39-44(45)48(63)54-47(39)62/h2-14,38,50H,15-32H2,1H3,(H,51,55)(H,53,59,61)(H,54,62,63). The highest BCUT2D eigenvalue weighted by Crippen LogP contribution is 2.36. The molecule has 22 heteroatoms. The summed E-state index contributed by atoms with van der Waals surface area (Å²) >= 11 is 0. The number of pyridine rings is 1. The minimum Gasteiger partial charge on any atom is -0.382 e. The summed E-state index contributed by atoms with van der Waals surface area (Å²) in [6.07, 6.45) is 1.96. The average molecular weight is 996 g/mol. The fourth-order valence-corrected chi connectivity index (χ4v) is 9.07. The van der Waals surface area contributed by atoms with Crippen molar-refractivity contribution in [2.45, 2.75) is 30.1 Å². The van der Waals surface area contributed by atoms with Gasteiger partial charge in [0.25, 0.3) is 11.8 Å². The molecular weight excluding hydrogens is 939 g/mol. The quantitative estimate of drug-likeness (QED) is 0.0484. The Morgan fingerprint density at radius 3 is 2.03 bits per heavy atom. The van der Waals surface area contributed by atoms with E-state index in [-0.39, 0.29) is 40.9 Å². The Morgan fingerprint density at radius 1 is 0.732 bits per heavy atom. The highest BCUT2D eigenvalue weighted by molar-refractivity contribution is 7.90. The lowest BCUT2D eigenvalue weighted by Gasteiger charge is -2.36. The van der Waals surface area contributed by atoms with Gasteiger partial charge in [0.1, 0.15) is 0 Å². The van der Waals surface area contributed by atoms with Crippen LogP contribution in [0, 0.1) is 0 Å². The van der Waals surface area contributed by atoms with Gasteiger partial charge in [-0.15, -0.1) is 5.10 Å². The van der Waals surface area contributed by atoms with Gasteiger partial charge in [-0.05, 0) is 66.6 Å². The van der Waals surface area contributed by atoms with E-state index in [4.69, 9.17) is 23.7 Å². The number of carbonyl (C=O) groups excluding carboxylic acids is 5. The largest absolute Gasteiger partial charge is 0.382 e. The highest BCUT2D eigenvalue weighted by atomic mass is 32.2. The number of imide groups is 2. The second-order valence-corrected chi connectivity index (χ2v) is 18.9. The number of benzene rings is 3. The molecule has 376 valence electrons. The first-order chi connectivity index (χ1) is 34.4. The van der Waals surface area contributed by atoms with E-state index >= 15 is 0 Å². The summed E-state index contributed by atoms with van der Waals surface area (Å²) in [6.45, 7) is 6.48. The molecule has 0 radical (unpaired) electrons. The Hall–Kier alpha value is -6.82. The van der Waals surface area contributed by atoms with E-state index in [0.29, 0.717) is 128 Å². The van der Waals surface area contributed by atoms with Crippen LogP contribution in [0.5, 0.6) is 0 Å². The predicted octanol–water partition coefficient (Wildman–Crippen LogP) is 3.18. The summed E-state index contributed by atoms with van der Waals surface area (Å²) in [5.74, 6) is -1.99. The number of ether oxygens (including phenoxy) is 5. The first kappa shape index (κ1) is 50.6. The van der Waals surface area contributed by atoms with Gasteiger partial charge >= 0.3 is 0 Å². The smallest absolute Gasteiger partial charge is 0.261 e. The number of nitrogens with zero attached hydrogens (tertiary/aromatic N) is 5. The van der Waals surface area contributed by atoms with Gasteiger partial charge < -0.3 is 44.1 Å². The maximum absolute atomic E-state index is 12.9. The number of nitrogens with one attached hydrogen (secondary N) is 4. The monoisotopic (exact) mass is 995 g/mol. The zero-order chi connectivity index (χ0) is 49.7. The second kappa shape index (κ2) is 23.9. The molecule has 3 aliphatic heterocycles. The molecule has 1 unspecified atom stereocenters. The minimum atomic E-state index is -3.30. The highest BCUT2D eigenvalue weighted by Gasteiger charge is 2.36. The molecule has 2 saturated heterocycles. The van der Waals surface area contributed by atoms with Crippen LogP contribution in [0.2, 0.25) is 0 Å². The fourth-order valence-electron chi connectivity index (χ4n) is 8.44. The van der Waals surface area contributed by atoms with Crippen molar-refractivity contribution in [1.82, 2.24) is 30.1 Å². The Kier molecular flexibility index (Phi) is 17.0. The maximum Gasteiger partial charge on any atom is 0.261 e. The molecule has 5 amide bonds. The Balaban J connectivity index is 0.627. The minimum absolute atomic E-state index is 0.0579. The van der Waals surface area contributed by atoms with Crippen molar-refractivity contribution in [3.8, 4) is 11.3 Å². The number of amides is 5. The fraction of sp³-hybridized carbons (Fsp3) is 0.408. The molecule has 2 fully saturated rings. The van der Waals surface area contributed by atoms with Crippen LogP contribution < -0.4 is 26.2 Å². The lowest BCUT2D eigenvalue weighted by atomic mass is 9.87. The first-order valence-corrected chi connectivity index (χ1v) is 25.4. The first-order valence-electron chi connectivity index (χ1n) is 23.5. The van der Waals surface area contributed by atoms with Crippen LogP contribution >= 0.6 is 0 Å². The molecule has 3 aliphatic rings. The van der Waals surface area contributed by atoms with E-state index < -0.39 is 33.5 Å².